The fraction of sp³-hybridized carbons (Fsp3) is 0.200. The smallest absolute Gasteiger partial charge is 0.189 e. The number of furan rings is 1. The highest BCUT2D eigenvalue weighted by molar-refractivity contribution is 7.91. The molecule has 0 bridgehead atoms. The highest BCUT2D eigenvalue weighted by Gasteiger charge is 2.11. The summed E-state index contributed by atoms with van der Waals surface area (Å²) in [7, 11) is -3.34. The van der Waals surface area contributed by atoms with Crippen LogP contribution in [0.25, 0.3) is 0 Å². The zero-order valence-corrected chi connectivity index (χ0v) is 11.6. The van der Waals surface area contributed by atoms with Crippen molar-refractivity contribution in [2.75, 3.05) is 12.4 Å². The van der Waals surface area contributed by atoms with Gasteiger partial charge in [-0.05, 0) is 24.3 Å². The van der Waals surface area contributed by atoms with Crippen molar-refractivity contribution in [3.63, 3.8) is 0 Å². The lowest BCUT2D eigenvalue weighted by Gasteiger charge is -1.98. The van der Waals surface area contributed by atoms with Gasteiger partial charge in [0.2, 0.25) is 0 Å². The van der Waals surface area contributed by atoms with Gasteiger partial charge in [-0.1, -0.05) is 30.0 Å². The minimum Gasteiger partial charge on any atom is -0.467 e. The van der Waals surface area contributed by atoms with Crippen LogP contribution >= 0.6 is 0 Å². The van der Waals surface area contributed by atoms with E-state index in [9.17, 15) is 8.42 Å². The SMILES string of the molecule is O=S(=O)(CC#CCOCc1ccco1)c1ccccc1. The molecule has 0 atom stereocenters. The molecule has 1 heterocycles. The van der Waals surface area contributed by atoms with Gasteiger partial charge in [-0.25, -0.2) is 8.42 Å². The Hall–Kier alpha value is -2.03. The topological polar surface area (TPSA) is 56.5 Å². The molecule has 2 aromatic rings. The van der Waals surface area contributed by atoms with E-state index in [1.807, 2.05) is 0 Å². The van der Waals surface area contributed by atoms with Crippen LogP contribution in [0.3, 0.4) is 0 Å². The molecule has 0 N–H and O–H groups in total. The summed E-state index contributed by atoms with van der Waals surface area (Å²) in [4.78, 5) is 0.283. The second-order valence-corrected chi connectivity index (χ2v) is 5.99. The summed E-state index contributed by atoms with van der Waals surface area (Å²) in [5.41, 5.74) is 0. The third-order valence-corrected chi connectivity index (χ3v) is 4.00. The summed E-state index contributed by atoms with van der Waals surface area (Å²) in [5.74, 6) is 5.80. The zero-order valence-electron chi connectivity index (χ0n) is 10.8. The maximum absolute atomic E-state index is 11.9. The lowest BCUT2D eigenvalue weighted by Crippen LogP contribution is -2.05. The van der Waals surface area contributed by atoms with E-state index < -0.39 is 9.84 Å². The fourth-order valence-electron chi connectivity index (χ4n) is 1.51. The Kier molecular flexibility index (Phi) is 4.99. The summed E-state index contributed by atoms with van der Waals surface area (Å²) >= 11 is 0. The summed E-state index contributed by atoms with van der Waals surface area (Å²) in [5, 5.41) is 0. The Morgan fingerprint density at radius 2 is 1.85 bits per heavy atom. The zero-order chi connectivity index (χ0) is 14.3. The largest absolute Gasteiger partial charge is 0.467 e. The maximum Gasteiger partial charge on any atom is 0.189 e. The third kappa shape index (κ3) is 4.26. The molecule has 104 valence electrons. The van der Waals surface area contributed by atoms with Gasteiger partial charge in [-0.2, -0.15) is 0 Å². The molecule has 0 fully saturated rings. The molecule has 0 saturated heterocycles. The first kappa shape index (κ1) is 14.4. The van der Waals surface area contributed by atoms with E-state index in [0.717, 1.165) is 0 Å². The Balaban J connectivity index is 1.79. The molecule has 0 radical (unpaired) electrons. The first-order valence-electron chi connectivity index (χ1n) is 6.02. The van der Waals surface area contributed by atoms with Crippen LogP contribution in [-0.2, 0) is 21.2 Å². The van der Waals surface area contributed by atoms with Gasteiger partial charge >= 0.3 is 0 Å². The van der Waals surface area contributed by atoms with Crippen molar-refractivity contribution in [2.45, 2.75) is 11.5 Å². The number of ether oxygens (including phenoxy) is 1. The molecule has 20 heavy (non-hydrogen) atoms. The molecule has 0 amide bonds. The molecule has 5 heteroatoms. The molecular formula is C15H14O4S. The van der Waals surface area contributed by atoms with E-state index in [2.05, 4.69) is 11.8 Å². The molecule has 0 aliphatic heterocycles. The second-order valence-electron chi connectivity index (χ2n) is 4.00. The Bertz CT molecular complexity index is 676. The van der Waals surface area contributed by atoms with E-state index in [1.54, 1.807) is 48.7 Å². The second kappa shape index (κ2) is 6.94. The first-order chi connectivity index (χ1) is 9.68. The highest BCUT2D eigenvalue weighted by atomic mass is 32.2. The van der Waals surface area contributed by atoms with Crippen LogP contribution in [0, 0.1) is 11.8 Å². The lowest BCUT2D eigenvalue weighted by atomic mass is 10.4. The molecule has 0 aliphatic rings. The summed E-state index contributed by atoms with van der Waals surface area (Å²) in [6.45, 7) is 0.498. The van der Waals surface area contributed by atoms with Crippen molar-refractivity contribution in [3.8, 4) is 11.8 Å². The molecule has 0 saturated carbocycles. The van der Waals surface area contributed by atoms with Crippen molar-refractivity contribution >= 4 is 9.84 Å². The standard InChI is InChI=1S/C15H14O4S/c16-20(17,15-8-2-1-3-9-15)12-5-4-10-18-13-14-7-6-11-19-14/h1-3,6-9,11H,10,12-13H2. The van der Waals surface area contributed by atoms with Crippen molar-refractivity contribution in [3.05, 3.63) is 54.5 Å². The van der Waals surface area contributed by atoms with E-state index in [1.165, 1.54) is 0 Å². The van der Waals surface area contributed by atoms with Crippen molar-refractivity contribution in [2.24, 2.45) is 0 Å². The maximum atomic E-state index is 11.9. The Morgan fingerprint density at radius 3 is 2.55 bits per heavy atom. The fourth-order valence-corrected chi connectivity index (χ4v) is 2.54. The normalized spacial score (nSPS) is 10.8. The Labute approximate surface area is 118 Å². The average molecular weight is 290 g/mol. The van der Waals surface area contributed by atoms with Crippen molar-refractivity contribution < 1.29 is 17.6 Å². The van der Waals surface area contributed by atoms with Crippen LogP contribution in [0.1, 0.15) is 5.76 Å². The van der Waals surface area contributed by atoms with E-state index in [4.69, 9.17) is 9.15 Å². The van der Waals surface area contributed by atoms with Crippen LogP contribution in [0.4, 0.5) is 0 Å². The van der Waals surface area contributed by atoms with E-state index >= 15 is 0 Å². The van der Waals surface area contributed by atoms with Crippen molar-refractivity contribution in [1.29, 1.82) is 0 Å². The van der Waals surface area contributed by atoms with Gasteiger partial charge < -0.3 is 9.15 Å². The first-order valence-corrected chi connectivity index (χ1v) is 7.67. The predicted molar refractivity (Wildman–Crippen MR) is 74.6 cm³/mol. The minimum absolute atomic E-state index is 0.172. The quantitative estimate of drug-likeness (QED) is 0.626. The molecule has 1 aromatic heterocycles. The number of benzene rings is 1. The van der Waals surface area contributed by atoms with Crippen LogP contribution < -0.4 is 0 Å². The number of hydrogen-bond donors (Lipinski definition) is 0. The van der Waals surface area contributed by atoms with Gasteiger partial charge in [0.15, 0.2) is 9.84 Å². The van der Waals surface area contributed by atoms with Crippen LogP contribution in [0.2, 0.25) is 0 Å². The van der Waals surface area contributed by atoms with Crippen LogP contribution in [0.15, 0.2) is 58.0 Å². The van der Waals surface area contributed by atoms with Gasteiger partial charge in [-0.3, -0.25) is 0 Å². The summed E-state index contributed by atoms with van der Waals surface area (Å²) in [6.07, 6.45) is 1.57. The van der Waals surface area contributed by atoms with Crippen LogP contribution in [0.5, 0.6) is 0 Å². The molecular weight excluding hydrogens is 276 g/mol. The minimum atomic E-state index is -3.34. The molecule has 4 nitrogen and oxygen atoms in total. The van der Waals surface area contributed by atoms with Crippen LogP contribution in [-0.4, -0.2) is 20.8 Å². The van der Waals surface area contributed by atoms with Gasteiger partial charge in [0.1, 0.15) is 24.7 Å². The molecule has 2 rings (SSSR count). The number of sulfone groups is 1. The third-order valence-electron chi connectivity index (χ3n) is 2.49. The molecule has 0 aliphatic carbocycles. The van der Waals surface area contributed by atoms with Gasteiger partial charge in [0.25, 0.3) is 0 Å². The number of rotatable bonds is 5. The highest BCUT2D eigenvalue weighted by Crippen LogP contribution is 2.09. The van der Waals surface area contributed by atoms with Crippen molar-refractivity contribution in [1.82, 2.24) is 0 Å². The van der Waals surface area contributed by atoms with E-state index in [-0.39, 0.29) is 17.3 Å². The van der Waals surface area contributed by atoms with Gasteiger partial charge in [0.05, 0.1) is 11.2 Å². The molecule has 0 unspecified atom stereocenters. The lowest BCUT2D eigenvalue weighted by molar-refractivity contribution is 0.136. The molecule has 1 aromatic carbocycles. The van der Waals surface area contributed by atoms with Gasteiger partial charge in [-0.15, -0.1) is 0 Å². The monoisotopic (exact) mass is 290 g/mol. The Morgan fingerprint density at radius 1 is 1.05 bits per heavy atom. The average Bonchev–Trinajstić information content (AvgIpc) is 2.97. The summed E-state index contributed by atoms with van der Waals surface area (Å²) < 4.78 is 34.1. The van der Waals surface area contributed by atoms with E-state index in [0.29, 0.717) is 12.4 Å². The summed E-state index contributed by atoms with van der Waals surface area (Å²) in [6, 6.07) is 11.8. The number of hydrogen-bond acceptors (Lipinski definition) is 4. The van der Waals surface area contributed by atoms with Gasteiger partial charge in [0, 0.05) is 0 Å². The predicted octanol–water partition coefficient (Wildman–Crippen LogP) is 2.27. The molecule has 0 spiro atoms.